The van der Waals surface area contributed by atoms with Crippen molar-refractivity contribution in [2.75, 3.05) is 0 Å². The molecule has 0 bridgehead atoms. The lowest BCUT2D eigenvalue weighted by Crippen LogP contribution is -2.42. The molecule has 4 N–H and O–H groups in total. The van der Waals surface area contributed by atoms with Gasteiger partial charge >= 0.3 is 0 Å². The first-order chi connectivity index (χ1) is 12.0. The van der Waals surface area contributed by atoms with Crippen LogP contribution in [-0.4, -0.2) is 12.1 Å². The molecule has 2 fully saturated rings. The van der Waals surface area contributed by atoms with Crippen LogP contribution in [0.3, 0.4) is 0 Å². The van der Waals surface area contributed by atoms with Crippen molar-refractivity contribution < 1.29 is 0 Å². The van der Waals surface area contributed by atoms with Crippen LogP contribution in [0.4, 0.5) is 0 Å². The molecule has 2 heteroatoms. The fourth-order valence-corrected chi connectivity index (χ4v) is 6.41. The highest BCUT2D eigenvalue weighted by Gasteiger charge is 2.36. The van der Waals surface area contributed by atoms with Gasteiger partial charge in [-0.1, -0.05) is 53.4 Å². The van der Waals surface area contributed by atoms with Gasteiger partial charge in [-0.15, -0.1) is 0 Å². The van der Waals surface area contributed by atoms with Crippen LogP contribution in [0, 0.1) is 35.5 Å². The minimum Gasteiger partial charge on any atom is -0.327 e. The van der Waals surface area contributed by atoms with Crippen molar-refractivity contribution in [3.8, 4) is 0 Å². The van der Waals surface area contributed by atoms with E-state index < -0.39 is 0 Å². The topological polar surface area (TPSA) is 52.0 Å². The number of rotatable bonds is 8. The van der Waals surface area contributed by atoms with Crippen LogP contribution >= 0.6 is 0 Å². The molecule has 0 radical (unpaired) electrons. The summed E-state index contributed by atoms with van der Waals surface area (Å²) < 4.78 is 0. The van der Waals surface area contributed by atoms with Gasteiger partial charge in [-0.05, 0) is 80.5 Å². The van der Waals surface area contributed by atoms with Crippen molar-refractivity contribution in [2.24, 2.45) is 47.0 Å². The summed E-state index contributed by atoms with van der Waals surface area (Å²) in [6.07, 6.45) is 14.7. The molecular formula is C23H46N2. The highest BCUT2D eigenvalue weighted by atomic mass is 14.7. The minimum absolute atomic E-state index is 0.457. The zero-order chi connectivity index (χ0) is 18.4. The van der Waals surface area contributed by atoms with E-state index in [0.717, 1.165) is 35.5 Å². The Kier molecular flexibility index (Phi) is 8.75. The molecule has 0 saturated heterocycles. The molecule has 2 saturated carbocycles. The molecule has 0 aromatic heterocycles. The SMILES string of the molecule is CCC(CC)C1CC(CC2CCC(N)C(C(CC)CC)C2)CCC1N. The average Bonchev–Trinajstić information content (AvgIpc) is 2.62. The molecule has 0 aliphatic heterocycles. The Morgan fingerprint density at radius 3 is 1.32 bits per heavy atom. The first-order valence-corrected chi connectivity index (χ1v) is 11.5. The monoisotopic (exact) mass is 350 g/mol. The molecule has 6 unspecified atom stereocenters. The fraction of sp³-hybridized carbons (Fsp3) is 1.00. The molecular weight excluding hydrogens is 304 g/mol. The Balaban J connectivity index is 1.92. The zero-order valence-electron chi connectivity index (χ0n) is 17.6. The Hall–Kier alpha value is -0.0800. The van der Waals surface area contributed by atoms with Gasteiger partial charge in [0.25, 0.3) is 0 Å². The molecule has 2 aliphatic rings. The second kappa shape index (κ2) is 10.3. The van der Waals surface area contributed by atoms with Crippen molar-refractivity contribution in [1.29, 1.82) is 0 Å². The standard InChI is InChI=1S/C23H46N2/c1-5-18(6-2)20-14-16(9-11-22(20)24)13-17-10-12-23(25)21(15-17)19(7-3)8-4/h16-23H,5-15,24-25H2,1-4H3. The Labute approximate surface area is 157 Å². The van der Waals surface area contributed by atoms with Gasteiger partial charge in [-0.3, -0.25) is 0 Å². The van der Waals surface area contributed by atoms with E-state index in [4.69, 9.17) is 11.5 Å². The van der Waals surface area contributed by atoms with E-state index in [9.17, 15) is 0 Å². The second-order valence-corrected chi connectivity index (χ2v) is 9.40. The summed E-state index contributed by atoms with van der Waals surface area (Å²) in [7, 11) is 0. The summed E-state index contributed by atoms with van der Waals surface area (Å²) in [4.78, 5) is 0. The Bertz CT molecular complexity index is 327. The third kappa shape index (κ3) is 5.45. The molecule has 0 aromatic carbocycles. The summed E-state index contributed by atoms with van der Waals surface area (Å²) in [5.41, 5.74) is 13.1. The highest BCUT2D eigenvalue weighted by molar-refractivity contribution is 4.90. The summed E-state index contributed by atoms with van der Waals surface area (Å²) in [6, 6.07) is 0.913. The van der Waals surface area contributed by atoms with Crippen LogP contribution in [0.15, 0.2) is 0 Å². The highest BCUT2D eigenvalue weighted by Crippen LogP contribution is 2.43. The summed E-state index contributed by atoms with van der Waals surface area (Å²) in [6.45, 7) is 9.42. The van der Waals surface area contributed by atoms with Crippen LogP contribution in [0.1, 0.15) is 98.3 Å². The maximum atomic E-state index is 6.53. The normalized spacial score (nSPS) is 37.0. The minimum atomic E-state index is 0.457. The summed E-state index contributed by atoms with van der Waals surface area (Å²) in [5, 5.41) is 0. The van der Waals surface area contributed by atoms with Crippen LogP contribution < -0.4 is 11.5 Å². The van der Waals surface area contributed by atoms with Gasteiger partial charge in [0.2, 0.25) is 0 Å². The third-order valence-corrected chi connectivity index (χ3v) is 8.10. The van der Waals surface area contributed by atoms with Crippen molar-refractivity contribution in [3.05, 3.63) is 0 Å². The lowest BCUT2D eigenvalue weighted by atomic mass is 9.65. The molecule has 0 amide bonds. The average molecular weight is 351 g/mol. The Morgan fingerprint density at radius 1 is 0.640 bits per heavy atom. The lowest BCUT2D eigenvalue weighted by Gasteiger charge is -2.42. The molecule has 6 atom stereocenters. The maximum absolute atomic E-state index is 6.53. The van der Waals surface area contributed by atoms with Gasteiger partial charge < -0.3 is 11.5 Å². The molecule has 2 nitrogen and oxygen atoms in total. The molecule has 0 heterocycles. The predicted molar refractivity (Wildman–Crippen MR) is 110 cm³/mol. The van der Waals surface area contributed by atoms with Gasteiger partial charge in [-0.2, -0.15) is 0 Å². The summed E-state index contributed by atoms with van der Waals surface area (Å²) in [5.74, 6) is 5.08. The first kappa shape index (κ1) is 21.2. The van der Waals surface area contributed by atoms with E-state index in [1.807, 2.05) is 0 Å². The zero-order valence-corrected chi connectivity index (χ0v) is 17.6. The van der Waals surface area contributed by atoms with E-state index in [0.29, 0.717) is 12.1 Å². The van der Waals surface area contributed by atoms with Crippen molar-refractivity contribution in [2.45, 2.75) is 110 Å². The molecule has 0 spiro atoms. The van der Waals surface area contributed by atoms with Gasteiger partial charge in [0.15, 0.2) is 0 Å². The number of hydrogen-bond acceptors (Lipinski definition) is 2. The van der Waals surface area contributed by atoms with E-state index in [2.05, 4.69) is 27.7 Å². The smallest absolute Gasteiger partial charge is 0.00700 e. The quantitative estimate of drug-likeness (QED) is 0.587. The van der Waals surface area contributed by atoms with Crippen LogP contribution in [0.5, 0.6) is 0 Å². The van der Waals surface area contributed by atoms with Gasteiger partial charge in [0.1, 0.15) is 0 Å². The van der Waals surface area contributed by atoms with E-state index in [1.165, 1.54) is 70.6 Å². The number of nitrogens with two attached hydrogens (primary N) is 2. The van der Waals surface area contributed by atoms with E-state index >= 15 is 0 Å². The van der Waals surface area contributed by atoms with E-state index in [-0.39, 0.29) is 0 Å². The van der Waals surface area contributed by atoms with Crippen molar-refractivity contribution in [1.82, 2.24) is 0 Å². The van der Waals surface area contributed by atoms with Crippen molar-refractivity contribution >= 4 is 0 Å². The third-order valence-electron chi connectivity index (χ3n) is 8.10. The summed E-state index contributed by atoms with van der Waals surface area (Å²) >= 11 is 0. The predicted octanol–water partition coefficient (Wildman–Crippen LogP) is 5.74. The lowest BCUT2D eigenvalue weighted by molar-refractivity contribution is 0.108. The molecule has 25 heavy (non-hydrogen) atoms. The van der Waals surface area contributed by atoms with E-state index in [1.54, 1.807) is 0 Å². The largest absolute Gasteiger partial charge is 0.327 e. The molecule has 2 aliphatic carbocycles. The second-order valence-electron chi connectivity index (χ2n) is 9.40. The van der Waals surface area contributed by atoms with Crippen LogP contribution in [0.2, 0.25) is 0 Å². The van der Waals surface area contributed by atoms with Crippen LogP contribution in [-0.2, 0) is 0 Å². The fourth-order valence-electron chi connectivity index (χ4n) is 6.41. The first-order valence-electron chi connectivity index (χ1n) is 11.5. The molecule has 148 valence electrons. The number of hydrogen-bond donors (Lipinski definition) is 2. The van der Waals surface area contributed by atoms with Gasteiger partial charge in [0.05, 0.1) is 0 Å². The molecule has 0 aromatic rings. The van der Waals surface area contributed by atoms with Gasteiger partial charge in [-0.25, -0.2) is 0 Å². The Morgan fingerprint density at radius 2 is 1.00 bits per heavy atom. The van der Waals surface area contributed by atoms with Gasteiger partial charge in [0, 0.05) is 12.1 Å². The molecule has 2 rings (SSSR count). The maximum Gasteiger partial charge on any atom is 0.00700 e. The van der Waals surface area contributed by atoms with Crippen molar-refractivity contribution in [3.63, 3.8) is 0 Å². The van der Waals surface area contributed by atoms with Crippen LogP contribution in [0.25, 0.3) is 0 Å².